The molecule has 0 aromatic heterocycles. The Morgan fingerprint density at radius 3 is 3.13 bits per heavy atom. The van der Waals surface area contributed by atoms with Crippen LogP contribution in [0.3, 0.4) is 0 Å². The summed E-state index contributed by atoms with van der Waals surface area (Å²) >= 11 is 0. The van der Waals surface area contributed by atoms with Gasteiger partial charge in [-0.1, -0.05) is 0 Å². The van der Waals surface area contributed by atoms with Gasteiger partial charge in [0.2, 0.25) is 0 Å². The Bertz CT molecular complexity index is 231. The molecule has 2 unspecified atom stereocenters. The molecule has 0 aromatic rings. The molecule has 0 saturated carbocycles. The van der Waals surface area contributed by atoms with Gasteiger partial charge < -0.3 is 15.4 Å². The maximum atomic E-state index is 11.9. The molecule has 0 radical (unpaired) electrons. The van der Waals surface area contributed by atoms with Crippen molar-refractivity contribution in [1.29, 1.82) is 0 Å². The molecule has 15 heavy (non-hydrogen) atoms. The van der Waals surface area contributed by atoms with Gasteiger partial charge >= 0.3 is 0 Å². The van der Waals surface area contributed by atoms with Gasteiger partial charge in [-0.3, -0.25) is 4.79 Å². The Labute approximate surface area is 90.8 Å². The quantitative estimate of drug-likeness (QED) is 0.706. The van der Waals surface area contributed by atoms with E-state index in [0.717, 1.165) is 45.5 Å². The van der Waals surface area contributed by atoms with E-state index in [1.54, 1.807) is 0 Å². The lowest BCUT2D eigenvalue weighted by Gasteiger charge is -2.22. The van der Waals surface area contributed by atoms with E-state index in [2.05, 4.69) is 10.6 Å². The second-order valence-electron chi connectivity index (χ2n) is 4.75. The fraction of sp³-hybridized carbons (Fsp3) is 0.909. The molecule has 0 spiro atoms. The Morgan fingerprint density at radius 1 is 1.67 bits per heavy atom. The number of rotatable bonds is 3. The number of amides is 1. The van der Waals surface area contributed by atoms with Crippen LogP contribution in [0.1, 0.15) is 26.2 Å². The molecule has 2 heterocycles. The highest BCUT2D eigenvalue weighted by molar-refractivity contribution is 5.84. The number of carbonyl (C=O) groups is 1. The van der Waals surface area contributed by atoms with Crippen molar-refractivity contribution in [1.82, 2.24) is 10.6 Å². The van der Waals surface area contributed by atoms with Crippen molar-refractivity contribution in [2.75, 3.05) is 26.2 Å². The van der Waals surface area contributed by atoms with Gasteiger partial charge in [0, 0.05) is 13.2 Å². The molecule has 2 aliphatic heterocycles. The topological polar surface area (TPSA) is 50.4 Å². The molecule has 4 nitrogen and oxygen atoms in total. The fourth-order valence-corrected chi connectivity index (χ4v) is 2.27. The predicted octanol–water partition coefficient (Wildman–Crippen LogP) is 0.281. The lowest BCUT2D eigenvalue weighted by atomic mass is 10.0. The van der Waals surface area contributed by atoms with Gasteiger partial charge in [-0.15, -0.1) is 0 Å². The Kier molecular flexibility index (Phi) is 3.26. The minimum atomic E-state index is -0.563. The van der Waals surface area contributed by atoms with Crippen LogP contribution in [-0.4, -0.2) is 37.7 Å². The number of hydrogen-bond acceptors (Lipinski definition) is 3. The summed E-state index contributed by atoms with van der Waals surface area (Å²) < 4.78 is 5.49. The normalized spacial score (nSPS) is 35.7. The number of hydrogen-bond donors (Lipinski definition) is 2. The molecule has 2 N–H and O–H groups in total. The minimum absolute atomic E-state index is 0.0619. The molecule has 2 atom stereocenters. The van der Waals surface area contributed by atoms with Gasteiger partial charge in [-0.2, -0.15) is 0 Å². The van der Waals surface area contributed by atoms with E-state index in [4.69, 9.17) is 4.74 Å². The summed E-state index contributed by atoms with van der Waals surface area (Å²) in [6.07, 6.45) is 3.01. The maximum Gasteiger partial charge on any atom is 0.251 e. The summed E-state index contributed by atoms with van der Waals surface area (Å²) in [6, 6.07) is 0. The number of nitrogens with one attached hydrogen (secondary N) is 2. The third kappa shape index (κ3) is 2.49. The van der Waals surface area contributed by atoms with E-state index in [1.165, 1.54) is 0 Å². The molecule has 0 bridgehead atoms. The Balaban J connectivity index is 1.76. The number of carbonyl (C=O) groups excluding carboxylic acids is 1. The Morgan fingerprint density at radius 2 is 2.53 bits per heavy atom. The lowest BCUT2D eigenvalue weighted by molar-refractivity contribution is -0.139. The van der Waals surface area contributed by atoms with Crippen molar-refractivity contribution in [3.63, 3.8) is 0 Å². The molecule has 2 saturated heterocycles. The van der Waals surface area contributed by atoms with Gasteiger partial charge in [0.05, 0.1) is 0 Å². The van der Waals surface area contributed by atoms with Gasteiger partial charge in [0.1, 0.15) is 5.60 Å². The largest absolute Gasteiger partial charge is 0.365 e. The average Bonchev–Trinajstić information content (AvgIpc) is 2.85. The zero-order chi connectivity index (χ0) is 10.7. The van der Waals surface area contributed by atoms with Crippen molar-refractivity contribution in [3.8, 4) is 0 Å². The smallest absolute Gasteiger partial charge is 0.251 e. The van der Waals surface area contributed by atoms with Crippen molar-refractivity contribution >= 4 is 5.91 Å². The molecule has 1 amide bonds. The van der Waals surface area contributed by atoms with Crippen molar-refractivity contribution in [3.05, 3.63) is 0 Å². The first-order valence-corrected chi connectivity index (χ1v) is 5.84. The summed E-state index contributed by atoms with van der Waals surface area (Å²) in [7, 11) is 0. The summed E-state index contributed by atoms with van der Waals surface area (Å²) in [4.78, 5) is 11.9. The standard InChI is InChI=1S/C11H20N2O2/c1-11(4-2-6-15-11)10(14)13-8-9-3-5-12-7-9/h9,12H,2-8H2,1H3,(H,13,14). The van der Waals surface area contributed by atoms with Crippen LogP contribution < -0.4 is 10.6 Å². The molecule has 2 rings (SSSR count). The second kappa shape index (κ2) is 4.49. The predicted molar refractivity (Wildman–Crippen MR) is 57.6 cm³/mol. The molecule has 2 aliphatic rings. The van der Waals surface area contributed by atoms with E-state index in [0.29, 0.717) is 5.92 Å². The van der Waals surface area contributed by atoms with Crippen molar-refractivity contribution in [2.24, 2.45) is 5.92 Å². The van der Waals surface area contributed by atoms with E-state index >= 15 is 0 Å². The molecule has 0 aliphatic carbocycles. The third-order valence-corrected chi connectivity index (χ3v) is 3.41. The highest BCUT2D eigenvalue weighted by Gasteiger charge is 2.37. The lowest BCUT2D eigenvalue weighted by Crippen LogP contribution is -2.45. The maximum absolute atomic E-state index is 11.9. The first kappa shape index (κ1) is 10.9. The van der Waals surface area contributed by atoms with E-state index in [1.807, 2.05) is 6.92 Å². The first-order valence-electron chi connectivity index (χ1n) is 5.84. The zero-order valence-corrected chi connectivity index (χ0v) is 9.34. The van der Waals surface area contributed by atoms with Crippen LogP contribution in [0.5, 0.6) is 0 Å². The van der Waals surface area contributed by atoms with E-state index in [-0.39, 0.29) is 5.91 Å². The van der Waals surface area contributed by atoms with Crippen LogP contribution in [0.25, 0.3) is 0 Å². The summed E-state index contributed by atoms with van der Waals surface area (Å²) in [5.41, 5.74) is -0.563. The van der Waals surface area contributed by atoms with Crippen LogP contribution in [0, 0.1) is 5.92 Å². The Hall–Kier alpha value is -0.610. The highest BCUT2D eigenvalue weighted by atomic mass is 16.5. The van der Waals surface area contributed by atoms with Crippen molar-refractivity contribution in [2.45, 2.75) is 31.8 Å². The van der Waals surface area contributed by atoms with Gasteiger partial charge in [-0.05, 0) is 45.2 Å². The summed E-state index contributed by atoms with van der Waals surface area (Å²) in [5, 5.41) is 6.30. The monoisotopic (exact) mass is 212 g/mol. The molecule has 86 valence electrons. The SMILES string of the molecule is CC1(C(=O)NCC2CCNC2)CCCO1. The zero-order valence-electron chi connectivity index (χ0n) is 9.34. The van der Waals surface area contributed by atoms with Crippen LogP contribution in [-0.2, 0) is 9.53 Å². The average molecular weight is 212 g/mol. The molecule has 4 heteroatoms. The number of ether oxygens (including phenoxy) is 1. The summed E-state index contributed by atoms with van der Waals surface area (Å²) in [6.45, 7) is 5.49. The first-order chi connectivity index (χ1) is 7.21. The molecular weight excluding hydrogens is 192 g/mol. The fourth-order valence-electron chi connectivity index (χ4n) is 2.27. The van der Waals surface area contributed by atoms with Gasteiger partial charge in [0.25, 0.3) is 5.91 Å². The van der Waals surface area contributed by atoms with Crippen LogP contribution in [0.4, 0.5) is 0 Å². The van der Waals surface area contributed by atoms with Crippen LogP contribution in [0.2, 0.25) is 0 Å². The molecule has 2 fully saturated rings. The summed E-state index contributed by atoms with van der Waals surface area (Å²) in [5.74, 6) is 0.658. The third-order valence-electron chi connectivity index (χ3n) is 3.41. The van der Waals surface area contributed by atoms with Gasteiger partial charge in [0.15, 0.2) is 0 Å². The van der Waals surface area contributed by atoms with Crippen LogP contribution >= 0.6 is 0 Å². The molecular formula is C11H20N2O2. The van der Waals surface area contributed by atoms with E-state index in [9.17, 15) is 4.79 Å². The van der Waals surface area contributed by atoms with Crippen LogP contribution in [0.15, 0.2) is 0 Å². The minimum Gasteiger partial charge on any atom is -0.365 e. The molecule has 0 aromatic carbocycles. The second-order valence-corrected chi connectivity index (χ2v) is 4.75. The highest BCUT2D eigenvalue weighted by Crippen LogP contribution is 2.25. The van der Waals surface area contributed by atoms with Crippen molar-refractivity contribution < 1.29 is 9.53 Å². The van der Waals surface area contributed by atoms with E-state index < -0.39 is 5.60 Å². The van der Waals surface area contributed by atoms with Gasteiger partial charge in [-0.25, -0.2) is 0 Å².